The van der Waals surface area contributed by atoms with E-state index in [9.17, 15) is 10.1 Å². The van der Waals surface area contributed by atoms with E-state index in [4.69, 9.17) is 5.73 Å². The maximum atomic E-state index is 10.8. The molecule has 110 valence electrons. The highest BCUT2D eigenvalue weighted by molar-refractivity contribution is 5.85. The number of benzene rings is 1. The van der Waals surface area contributed by atoms with Crippen molar-refractivity contribution in [2.24, 2.45) is 0 Å². The molecule has 5 nitrogen and oxygen atoms in total. The van der Waals surface area contributed by atoms with E-state index in [2.05, 4.69) is 11.6 Å². The van der Waals surface area contributed by atoms with Gasteiger partial charge >= 0.3 is 0 Å². The fourth-order valence-corrected chi connectivity index (χ4v) is 1.88. The van der Waals surface area contributed by atoms with Crippen molar-refractivity contribution in [3.63, 3.8) is 0 Å². The third-order valence-corrected chi connectivity index (χ3v) is 2.92. The maximum Gasteiger partial charge on any atom is 0.274 e. The van der Waals surface area contributed by atoms with E-state index in [0.29, 0.717) is 16.8 Å². The summed E-state index contributed by atoms with van der Waals surface area (Å²) in [6, 6.07) is 6.70. The zero-order valence-corrected chi connectivity index (χ0v) is 12.5. The van der Waals surface area contributed by atoms with Gasteiger partial charge in [-0.3, -0.25) is 15.1 Å². The van der Waals surface area contributed by atoms with Crippen molar-refractivity contribution in [2.45, 2.75) is 20.8 Å². The molecule has 1 aromatic heterocycles. The molecule has 0 radical (unpaired) electrons. The van der Waals surface area contributed by atoms with E-state index in [-0.39, 0.29) is 5.69 Å². The smallest absolute Gasteiger partial charge is 0.274 e. The SMILES string of the molecule is C=C(c1ccncc1)c1cc(C)c([N+](=O)[O-])cc1N.CC. The van der Waals surface area contributed by atoms with Gasteiger partial charge in [0.2, 0.25) is 0 Å². The molecule has 0 aliphatic heterocycles. The van der Waals surface area contributed by atoms with Gasteiger partial charge in [-0.2, -0.15) is 0 Å². The summed E-state index contributed by atoms with van der Waals surface area (Å²) in [5.74, 6) is 0. The van der Waals surface area contributed by atoms with E-state index in [1.165, 1.54) is 6.07 Å². The normalized spacial score (nSPS) is 9.48. The van der Waals surface area contributed by atoms with Gasteiger partial charge in [-0.15, -0.1) is 0 Å². The highest BCUT2D eigenvalue weighted by Gasteiger charge is 2.15. The highest BCUT2D eigenvalue weighted by atomic mass is 16.6. The van der Waals surface area contributed by atoms with Crippen LogP contribution in [-0.4, -0.2) is 9.91 Å². The fraction of sp³-hybridized carbons (Fsp3) is 0.188. The van der Waals surface area contributed by atoms with Crippen LogP contribution in [0, 0.1) is 17.0 Å². The lowest BCUT2D eigenvalue weighted by Gasteiger charge is -2.10. The van der Waals surface area contributed by atoms with E-state index in [1.807, 2.05) is 26.0 Å². The standard InChI is InChI=1S/C14H13N3O2.C2H6/c1-9-7-12(13(15)8-14(9)17(18)19)10(2)11-3-5-16-6-4-11;1-2/h3-8H,2,15H2,1H3;1-2H3. The molecule has 0 saturated heterocycles. The second-order valence-electron chi connectivity index (χ2n) is 4.20. The van der Waals surface area contributed by atoms with Gasteiger partial charge in [-0.05, 0) is 36.3 Å². The van der Waals surface area contributed by atoms with Crippen molar-refractivity contribution in [3.8, 4) is 0 Å². The van der Waals surface area contributed by atoms with E-state index in [1.54, 1.807) is 25.4 Å². The van der Waals surface area contributed by atoms with Gasteiger partial charge in [-0.25, -0.2) is 0 Å². The predicted octanol–water partition coefficient (Wildman–Crippen LogP) is 3.97. The number of aryl methyl sites for hydroxylation is 1. The topological polar surface area (TPSA) is 82.0 Å². The van der Waals surface area contributed by atoms with Crippen LogP contribution in [0.15, 0.2) is 43.2 Å². The molecule has 0 aliphatic rings. The molecule has 0 unspecified atom stereocenters. The molecule has 0 amide bonds. The number of nitro groups is 1. The van der Waals surface area contributed by atoms with Crippen molar-refractivity contribution in [2.75, 3.05) is 5.73 Å². The zero-order chi connectivity index (χ0) is 16.0. The molecule has 2 aromatic rings. The van der Waals surface area contributed by atoms with Gasteiger partial charge in [0.1, 0.15) is 0 Å². The summed E-state index contributed by atoms with van der Waals surface area (Å²) in [6.45, 7) is 9.68. The number of hydrogen-bond donors (Lipinski definition) is 1. The first-order chi connectivity index (χ1) is 10.0. The lowest BCUT2D eigenvalue weighted by molar-refractivity contribution is -0.385. The van der Waals surface area contributed by atoms with Crippen molar-refractivity contribution in [1.29, 1.82) is 0 Å². The number of rotatable bonds is 3. The Balaban J connectivity index is 0.00000106. The summed E-state index contributed by atoms with van der Waals surface area (Å²) in [5.41, 5.74) is 9.12. The van der Waals surface area contributed by atoms with Crippen molar-refractivity contribution >= 4 is 16.9 Å². The molecule has 0 aliphatic carbocycles. The summed E-state index contributed by atoms with van der Waals surface area (Å²) in [6.07, 6.45) is 3.32. The molecule has 5 heteroatoms. The van der Waals surface area contributed by atoms with E-state index in [0.717, 1.165) is 11.1 Å². The molecule has 0 atom stereocenters. The van der Waals surface area contributed by atoms with Crippen molar-refractivity contribution < 1.29 is 4.92 Å². The van der Waals surface area contributed by atoms with Gasteiger partial charge in [-0.1, -0.05) is 20.4 Å². The minimum Gasteiger partial charge on any atom is -0.398 e. The van der Waals surface area contributed by atoms with Crippen molar-refractivity contribution in [3.05, 3.63) is 70.0 Å². The molecule has 1 heterocycles. The Labute approximate surface area is 124 Å². The number of nitrogens with two attached hydrogens (primary N) is 1. The van der Waals surface area contributed by atoms with Gasteiger partial charge in [0.05, 0.1) is 4.92 Å². The summed E-state index contributed by atoms with van der Waals surface area (Å²) in [7, 11) is 0. The molecule has 21 heavy (non-hydrogen) atoms. The maximum absolute atomic E-state index is 10.8. The second-order valence-corrected chi connectivity index (χ2v) is 4.20. The second kappa shape index (κ2) is 7.19. The molecule has 0 saturated carbocycles. The summed E-state index contributed by atoms with van der Waals surface area (Å²) >= 11 is 0. The minimum absolute atomic E-state index is 0.0174. The lowest BCUT2D eigenvalue weighted by Crippen LogP contribution is -1.99. The van der Waals surface area contributed by atoms with Crippen LogP contribution in [0.25, 0.3) is 5.57 Å². The van der Waals surface area contributed by atoms with E-state index >= 15 is 0 Å². The third-order valence-electron chi connectivity index (χ3n) is 2.92. The monoisotopic (exact) mass is 285 g/mol. The number of nitrogen functional groups attached to an aromatic ring is 1. The highest BCUT2D eigenvalue weighted by Crippen LogP contribution is 2.31. The summed E-state index contributed by atoms with van der Waals surface area (Å²) in [4.78, 5) is 14.3. The van der Waals surface area contributed by atoms with Crippen LogP contribution >= 0.6 is 0 Å². The van der Waals surface area contributed by atoms with Crippen LogP contribution in [0.5, 0.6) is 0 Å². The van der Waals surface area contributed by atoms with Gasteiger partial charge < -0.3 is 5.73 Å². The molecule has 2 N–H and O–H groups in total. The molecule has 0 spiro atoms. The predicted molar refractivity (Wildman–Crippen MR) is 86.0 cm³/mol. The van der Waals surface area contributed by atoms with Crippen molar-refractivity contribution in [1.82, 2.24) is 4.98 Å². The largest absolute Gasteiger partial charge is 0.398 e. The Morgan fingerprint density at radius 2 is 1.86 bits per heavy atom. The number of nitrogens with zero attached hydrogens (tertiary/aromatic N) is 2. The van der Waals surface area contributed by atoms with Gasteiger partial charge in [0.25, 0.3) is 5.69 Å². The Bertz CT molecular complexity index is 652. The average Bonchev–Trinajstić information content (AvgIpc) is 2.51. The first-order valence-electron chi connectivity index (χ1n) is 6.65. The molecule has 2 rings (SSSR count). The summed E-state index contributed by atoms with van der Waals surface area (Å²) < 4.78 is 0. The Morgan fingerprint density at radius 3 is 2.38 bits per heavy atom. The number of aromatic nitrogens is 1. The van der Waals surface area contributed by atoms with Crippen LogP contribution in [0.2, 0.25) is 0 Å². The Kier molecular flexibility index (Phi) is 5.60. The Hall–Kier alpha value is -2.69. The Morgan fingerprint density at radius 1 is 1.29 bits per heavy atom. The molecular formula is C16H19N3O2. The first-order valence-corrected chi connectivity index (χ1v) is 6.65. The fourth-order valence-electron chi connectivity index (χ4n) is 1.88. The number of hydrogen-bond acceptors (Lipinski definition) is 4. The van der Waals surface area contributed by atoms with Gasteiger partial charge in [0.15, 0.2) is 0 Å². The van der Waals surface area contributed by atoms with Crippen LogP contribution in [0.4, 0.5) is 11.4 Å². The average molecular weight is 285 g/mol. The molecule has 0 fully saturated rings. The molecular weight excluding hydrogens is 266 g/mol. The van der Waals surface area contributed by atoms with Crippen LogP contribution in [0.3, 0.4) is 0 Å². The first kappa shape index (κ1) is 16.4. The molecule has 0 bridgehead atoms. The molecule has 1 aromatic carbocycles. The van der Waals surface area contributed by atoms with E-state index < -0.39 is 4.92 Å². The zero-order valence-electron chi connectivity index (χ0n) is 12.5. The number of pyridine rings is 1. The number of nitro benzene ring substituents is 1. The van der Waals surface area contributed by atoms with Crippen LogP contribution < -0.4 is 5.73 Å². The number of anilines is 1. The third kappa shape index (κ3) is 3.66. The van der Waals surface area contributed by atoms with Gasteiger partial charge in [0, 0.05) is 35.3 Å². The van der Waals surface area contributed by atoms with Crippen LogP contribution in [-0.2, 0) is 0 Å². The summed E-state index contributed by atoms with van der Waals surface area (Å²) in [5, 5.41) is 10.8. The quantitative estimate of drug-likeness (QED) is 0.525. The minimum atomic E-state index is -0.440. The van der Waals surface area contributed by atoms with Crippen LogP contribution in [0.1, 0.15) is 30.5 Å². The lowest BCUT2D eigenvalue weighted by atomic mass is 9.96.